The number of carbonyl (C=O) groups excluding carboxylic acids is 1. The summed E-state index contributed by atoms with van der Waals surface area (Å²) in [5.74, 6) is -0.479. The van der Waals surface area contributed by atoms with Crippen molar-refractivity contribution in [3.8, 4) is 16.9 Å². The lowest BCUT2D eigenvalue weighted by atomic mass is 9.92. The molecule has 5 N–H and O–H groups in total. The Morgan fingerprint density at radius 2 is 1.84 bits per heavy atom. The maximum atomic E-state index is 13.3. The topological polar surface area (TPSA) is 114 Å². The van der Waals surface area contributed by atoms with Crippen LogP contribution in [0.15, 0.2) is 30.3 Å². The summed E-state index contributed by atoms with van der Waals surface area (Å²) in [5, 5.41) is 7.02. The number of alkyl halides is 3. The number of primary amides is 1. The minimum atomic E-state index is -3.02. The zero-order valence-corrected chi connectivity index (χ0v) is 21.9. The molecular formula is C27H35F3N6O2. The van der Waals surface area contributed by atoms with E-state index in [9.17, 15) is 18.0 Å². The second-order valence-electron chi connectivity index (χ2n) is 10.9. The summed E-state index contributed by atoms with van der Waals surface area (Å²) in [7, 11) is 0. The minimum Gasteiger partial charge on any atom is -0.481 e. The number of hydrogen-bond donors (Lipinski definition) is 3. The van der Waals surface area contributed by atoms with Crippen molar-refractivity contribution in [1.82, 2.24) is 15.1 Å². The molecule has 206 valence electrons. The van der Waals surface area contributed by atoms with Gasteiger partial charge in [0.05, 0.1) is 22.2 Å². The Balaban J connectivity index is 1.66. The molecule has 1 atom stereocenters. The van der Waals surface area contributed by atoms with E-state index < -0.39 is 25.1 Å². The number of H-pyrrole nitrogens is 1. The number of piperazine rings is 1. The van der Waals surface area contributed by atoms with Crippen LogP contribution in [0.3, 0.4) is 0 Å². The molecule has 38 heavy (non-hydrogen) atoms. The molecule has 2 heterocycles. The molecule has 1 amide bonds. The predicted octanol–water partition coefficient (Wildman–Crippen LogP) is 4.45. The molecule has 1 saturated heterocycles. The van der Waals surface area contributed by atoms with Gasteiger partial charge in [0.25, 0.3) is 12.3 Å². The van der Waals surface area contributed by atoms with Crippen molar-refractivity contribution in [3.05, 3.63) is 35.9 Å². The van der Waals surface area contributed by atoms with Crippen LogP contribution >= 0.6 is 0 Å². The monoisotopic (exact) mass is 532 g/mol. The molecule has 1 aromatic heterocycles. The van der Waals surface area contributed by atoms with Crippen LogP contribution in [0, 0.1) is 5.41 Å². The summed E-state index contributed by atoms with van der Waals surface area (Å²) < 4.78 is 45.1. The lowest BCUT2D eigenvalue weighted by molar-refractivity contribution is -0.000333. The van der Waals surface area contributed by atoms with Crippen molar-refractivity contribution < 1.29 is 22.7 Å². The molecule has 8 nitrogen and oxygen atoms in total. The number of nitrogens with one attached hydrogen (secondary N) is 1. The Hall–Kier alpha value is -3.47. The lowest BCUT2D eigenvalue weighted by Gasteiger charge is -2.38. The van der Waals surface area contributed by atoms with Gasteiger partial charge in [0, 0.05) is 26.2 Å². The first-order valence-electron chi connectivity index (χ1n) is 12.7. The number of fused-ring (bicyclic) bond motifs is 1. The van der Waals surface area contributed by atoms with Gasteiger partial charge in [0.15, 0.2) is 11.9 Å². The van der Waals surface area contributed by atoms with E-state index in [1.165, 1.54) is 6.07 Å². The van der Waals surface area contributed by atoms with Crippen molar-refractivity contribution in [1.29, 1.82) is 0 Å². The first-order chi connectivity index (χ1) is 18.0. The van der Waals surface area contributed by atoms with E-state index in [1.54, 1.807) is 18.2 Å². The average Bonchev–Trinajstić information content (AvgIpc) is 3.25. The number of amides is 1. The quantitative estimate of drug-likeness (QED) is 0.375. The predicted molar refractivity (Wildman–Crippen MR) is 144 cm³/mol. The van der Waals surface area contributed by atoms with E-state index in [-0.39, 0.29) is 17.0 Å². The normalized spacial score (nSPS) is 15.8. The third kappa shape index (κ3) is 6.15. The fourth-order valence-electron chi connectivity index (χ4n) is 4.60. The first-order valence-corrected chi connectivity index (χ1v) is 12.7. The Kier molecular flexibility index (Phi) is 8.05. The van der Waals surface area contributed by atoms with Gasteiger partial charge in [-0.25, -0.2) is 13.2 Å². The lowest BCUT2D eigenvalue weighted by Crippen LogP contribution is -2.47. The summed E-state index contributed by atoms with van der Waals surface area (Å²) in [6.07, 6.45) is -3.87. The van der Waals surface area contributed by atoms with Crippen molar-refractivity contribution in [2.75, 3.05) is 50.0 Å². The molecule has 4 rings (SSSR count). The average molecular weight is 533 g/mol. The van der Waals surface area contributed by atoms with Crippen LogP contribution in [0.25, 0.3) is 22.0 Å². The van der Waals surface area contributed by atoms with Gasteiger partial charge < -0.3 is 21.1 Å². The third-order valence-electron chi connectivity index (χ3n) is 6.85. The number of aromatic nitrogens is 2. The Morgan fingerprint density at radius 3 is 2.45 bits per heavy atom. The van der Waals surface area contributed by atoms with Crippen LogP contribution < -0.4 is 21.1 Å². The standard InChI is InChI=1S/C27H35F3N6O2/c1-27(2,3)6-7-35-8-10-36(11-9-35)20-13-16(4-5-18(20)26(32)37)17-12-19-23(25(31)34-33-19)21(14-17)38-22(15-28)24(29)30/h4-5,12-14,22,24H,6-11,15H2,1-3H3,(H2,32,37)(H3,31,33,34). The molecule has 3 aromatic rings. The van der Waals surface area contributed by atoms with Crippen molar-refractivity contribution >= 4 is 28.3 Å². The van der Waals surface area contributed by atoms with Gasteiger partial charge in [-0.3, -0.25) is 14.8 Å². The van der Waals surface area contributed by atoms with E-state index in [0.717, 1.165) is 39.1 Å². The van der Waals surface area contributed by atoms with Gasteiger partial charge in [-0.1, -0.05) is 26.8 Å². The number of ether oxygens (including phenoxy) is 1. The van der Waals surface area contributed by atoms with E-state index in [1.807, 2.05) is 6.07 Å². The highest BCUT2D eigenvalue weighted by molar-refractivity contribution is 6.01. The Bertz CT molecular complexity index is 1280. The maximum Gasteiger partial charge on any atom is 0.277 e. The number of benzene rings is 2. The largest absolute Gasteiger partial charge is 0.481 e. The van der Waals surface area contributed by atoms with Gasteiger partial charge >= 0.3 is 0 Å². The highest BCUT2D eigenvalue weighted by Crippen LogP contribution is 2.37. The molecule has 1 fully saturated rings. The molecule has 0 saturated carbocycles. The Labute approximate surface area is 220 Å². The fourth-order valence-corrected chi connectivity index (χ4v) is 4.60. The molecule has 11 heteroatoms. The molecule has 2 aromatic carbocycles. The van der Waals surface area contributed by atoms with Gasteiger partial charge in [0.2, 0.25) is 0 Å². The highest BCUT2D eigenvalue weighted by atomic mass is 19.3. The highest BCUT2D eigenvalue weighted by Gasteiger charge is 2.26. The first kappa shape index (κ1) is 27.6. The number of hydrogen-bond acceptors (Lipinski definition) is 6. The van der Waals surface area contributed by atoms with Crippen LogP contribution in [0.4, 0.5) is 24.7 Å². The molecule has 0 radical (unpaired) electrons. The summed E-state index contributed by atoms with van der Waals surface area (Å²) >= 11 is 0. The van der Waals surface area contributed by atoms with Crippen molar-refractivity contribution in [3.63, 3.8) is 0 Å². The zero-order valence-electron chi connectivity index (χ0n) is 21.9. The second kappa shape index (κ2) is 11.1. The molecule has 0 spiro atoms. The van der Waals surface area contributed by atoms with Crippen LogP contribution in [0.2, 0.25) is 0 Å². The molecule has 0 aliphatic carbocycles. The minimum absolute atomic E-state index is 0.000287. The summed E-state index contributed by atoms with van der Waals surface area (Å²) in [6, 6.07) is 8.54. The van der Waals surface area contributed by atoms with Crippen LogP contribution in [0.5, 0.6) is 5.75 Å². The van der Waals surface area contributed by atoms with E-state index in [2.05, 4.69) is 40.8 Å². The number of anilines is 2. The van der Waals surface area contributed by atoms with Gasteiger partial charge in [0.1, 0.15) is 12.4 Å². The van der Waals surface area contributed by atoms with E-state index in [0.29, 0.717) is 33.3 Å². The number of aromatic amines is 1. The molecule has 1 unspecified atom stereocenters. The van der Waals surface area contributed by atoms with Crippen LogP contribution in [-0.2, 0) is 0 Å². The molecular weight excluding hydrogens is 497 g/mol. The second-order valence-corrected chi connectivity index (χ2v) is 10.9. The fraction of sp³-hybridized carbons (Fsp3) is 0.481. The Morgan fingerprint density at radius 1 is 1.13 bits per heavy atom. The van der Waals surface area contributed by atoms with E-state index in [4.69, 9.17) is 16.2 Å². The third-order valence-corrected chi connectivity index (χ3v) is 6.85. The molecule has 1 aliphatic heterocycles. The summed E-state index contributed by atoms with van der Waals surface area (Å²) in [5.41, 5.74) is 14.7. The van der Waals surface area contributed by atoms with Crippen LogP contribution in [-0.4, -0.2) is 72.9 Å². The summed E-state index contributed by atoms with van der Waals surface area (Å²) in [6.45, 7) is 9.49. The molecule has 0 bridgehead atoms. The van der Waals surface area contributed by atoms with Crippen molar-refractivity contribution in [2.24, 2.45) is 11.1 Å². The number of halogens is 3. The number of nitrogens with zero attached hydrogens (tertiary/aromatic N) is 3. The number of carbonyl (C=O) groups is 1. The number of nitrogen functional groups attached to an aromatic ring is 1. The SMILES string of the molecule is CC(C)(C)CCN1CCN(c2cc(-c3cc(OC(CF)C(F)F)c4c(N)n[nH]c4c3)ccc2C(N)=O)CC1. The smallest absolute Gasteiger partial charge is 0.277 e. The molecule has 1 aliphatic rings. The summed E-state index contributed by atoms with van der Waals surface area (Å²) in [4.78, 5) is 16.8. The number of rotatable bonds is 9. The van der Waals surface area contributed by atoms with Gasteiger partial charge in [-0.2, -0.15) is 5.10 Å². The number of nitrogens with two attached hydrogens (primary N) is 2. The zero-order chi connectivity index (χ0) is 27.6. The maximum absolute atomic E-state index is 13.3. The van der Waals surface area contributed by atoms with Gasteiger partial charge in [-0.05, 0) is 53.8 Å². The van der Waals surface area contributed by atoms with Crippen molar-refractivity contribution in [2.45, 2.75) is 39.7 Å². The van der Waals surface area contributed by atoms with Gasteiger partial charge in [-0.15, -0.1) is 0 Å². The van der Waals surface area contributed by atoms with Crippen LogP contribution in [0.1, 0.15) is 37.6 Å². The van der Waals surface area contributed by atoms with E-state index >= 15 is 0 Å².